The first-order valence-electron chi connectivity index (χ1n) is 6.63. The second kappa shape index (κ2) is 7.90. The third-order valence-corrected chi connectivity index (χ3v) is 3.73. The first kappa shape index (κ1) is 15.6. The number of hydrogen-bond donors (Lipinski definition) is 1. The zero-order valence-corrected chi connectivity index (χ0v) is 13.1. The maximum absolute atomic E-state index is 13.1. The van der Waals surface area contributed by atoms with Crippen LogP contribution in [0.25, 0.3) is 0 Å². The lowest BCUT2D eigenvalue weighted by molar-refractivity contribution is 0.453. The van der Waals surface area contributed by atoms with Gasteiger partial charge in [0, 0.05) is 4.47 Å². The normalized spacial score (nSPS) is 13.0. The fourth-order valence-corrected chi connectivity index (χ4v) is 2.30. The van der Waals surface area contributed by atoms with E-state index in [0.29, 0.717) is 11.8 Å². The summed E-state index contributed by atoms with van der Waals surface area (Å²) < 4.78 is 14.1. The Hall–Kier alpha value is -0.410. The minimum atomic E-state index is -0.154. The van der Waals surface area contributed by atoms with Crippen LogP contribution in [0.3, 0.4) is 0 Å². The van der Waals surface area contributed by atoms with Crippen LogP contribution in [-0.2, 0) is 6.42 Å². The Morgan fingerprint density at radius 1 is 1.22 bits per heavy atom. The van der Waals surface area contributed by atoms with Crippen LogP contribution in [0, 0.1) is 17.7 Å². The molecule has 0 spiro atoms. The highest BCUT2D eigenvalue weighted by molar-refractivity contribution is 9.10. The average molecular weight is 316 g/mol. The summed E-state index contributed by atoms with van der Waals surface area (Å²) in [6.45, 7) is 8.75. The van der Waals surface area contributed by atoms with Gasteiger partial charge in [-0.15, -0.1) is 0 Å². The molecule has 0 heterocycles. The van der Waals surface area contributed by atoms with Gasteiger partial charge < -0.3 is 5.32 Å². The van der Waals surface area contributed by atoms with Gasteiger partial charge in [-0.3, -0.25) is 0 Å². The molecule has 0 saturated carbocycles. The van der Waals surface area contributed by atoms with Crippen molar-refractivity contribution < 1.29 is 4.39 Å². The molecule has 0 saturated heterocycles. The van der Waals surface area contributed by atoms with Crippen molar-refractivity contribution in [1.29, 1.82) is 0 Å². The van der Waals surface area contributed by atoms with Gasteiger partial charge in [0.25, 0.3) is 0 Å². The average Bonchev–Trinajstić information content (AvgIpc) is 2.30. The summed E-state index contributed by atoms with van der Waals surface area (Å²) in [6.07, 6.45) is 2.00. The molecule has 1 unspecified atom stereocenters. The van der Waals surface area contributed by atoms with Gasteiger partial charge in [0.1, 0.15) is 5.82 Å². The van der Waals surface area contributed by atoms with E-state index in [1.807, 2.05) is 0 Å². The van der Waals surface area contributed by atoms with Crippen molar-refractivity contribution in [3.8, 4) is 0 Å². The van der Waals surface area contributed by atoms with E-state index in [4.69, 9.17) is 0 Å². The van der Waals surface area contributed by atoms with E-state index in [2.05, 4.69) is 42.0 Å². The van der Waals surface area contributed by atoms with Crippen LogP contribution in [0.1, 0.15) is 32.8 Å². The lowest BCUT2D eigenvalue weighted by Crippen LogP contribution is -2.25. The van der Waals surface area contributed by atoms with Crippen molar-refractivity contribution in [2.45, 2.75) is 33.6 Å². The molecule has 0 aliphatic heterocycles. The zero-order chi connectivity index (χ0) is 13.5. The summed E-state index contributed by atoms with van der Waals surface area (Å²) in [6, 6.07) is 4.89. The number of rotatable bonds is 7. The highest BCUT2D eigenvalue weighted by Gasteiger charge is 2.06. The van der Waals surface area contributed by atoms with Gasteiger partial charge >= 0.3 is 0 Å². The molecule has 1 rings (SSSR count). The van der Waals surface area contributed by atoms with Crippen molar-refractivity contribution in [1.82, 2.24) is 5.32 Å². The predicted molar refractivity (Wildman–Crippen MR) is 79.3 cm³/mol. The van der Waals surface area contributed by atoms with E-state index >= 15 is 0 Å². The molecule has 1 aromatic carbocycles. The van der Waals surface area contributed by atoms with Crippen molar-refractivity contribution >= 4 is 15.9 Å². The highest BCUT2D eigenvalue weighted by atomic mass is 79.9. The summed E-state index contributed by atoms with van der Waals surface area (Å²) in [4.78, 5) is 0. The van der Waals surface area contributed by atoms with Crippen molar-refractivity contribution in [2.24, 2.45) is 11.8 Å². The van der Waals surface area contributed by atoms with Gasteiger partial charge in [0.05, 0.1) is 0 Å². The number of halogens is 2. The molecule has 3 heteroatoms. The van der Waals surface area contributed by atoms with Crippen LogP contribution in [0.4, 0.5) is 4.39 Å². The van der Waals surface area contributed by atoms with Gasteiger partial charge in [-0.25, -0.2) is 4.39 Å². The van der Waals surface area contributed by atoms with Crippen LogP contribution >= 0.6 is 15.9 Å². The fraction of sp³-hybridized carbons (Fsp3) is 0.600. The molecule has 0 aliphatic carbocycles. The van der Waals surface area contributed by atoms with Gasteiger partial charge in [-0.05, 0) is 61.5 Å². The molecule has 18 heavy (non-hydrogen) atoms. The van der Waals surface area contributed by atoms with Crippen LogP contribution in [0.5, 0.6) is 0 Å². The van der Waals surface area contributed by atoms with Crippen molar-refractivity contribution in [2.75, 3.05) is 13.1 Å². The van der Waals surface area contributed by atoms with E-state index in [1.165, 1.54) is 6.07 Å². The molecular formula is C15H23BrFN. The summed E-state index contributed by atoms with van der Waals surface area (Å²) in [5, 5.41) is 3.46. The Balaban J connectivity index is 2.33. The topological polar surface area (TPSA) is 12.0 Å². The molecule has 102 valence electrons. The third kappa shape index (κ3) is 5.96. The largest absolute Gasteiger partial charge is 0.316 e. The van der Waals surface area contributed by atoms with Crippen LogP contribution < -0.4 is 5.32 Å². The Morgan fingerprint density at radius 3 is 2.61 bits per heavy atom. The Morgan fingerprint density at radius 2 is 1.94 bits per heavy atom. The minimum Gasteiger partial charge on any atom is -0.316 e. The Kier molecular flexibility index (Phi) is 6.87. The molecule has 0 fully saturated rings. The molecule has 0 bridgehead atoms. The molecule has 0 radical (unpaired) electrons. The maximum Gasteiger partial charge on any atom is 0.123 e. The summed E-state index contributed by atoms with van der Waals surface area (Å²) >= 11 is 3.47. The third-order valence-electron chi connectivity index (χ3n) is 2.96. The number of aryl methyl sites for hydroxylation is 1. The summed E-state index contributed by atoms with van der Waals surface area (Å²) in [7, 11) is 0. The van der Waals surface area contributed by atoms with Gasteiger partial charge in [-0.1, -0.05) is 36.7 Å². The molecule has 0 aromatic heterocycles. The van der Waals surface area contributed by atoms with Gasteiger partial charge in [-0.2, -0.15) is 0 Å². The van der Waals surface area contributed by atoms with E-state index in [9.17, 15) is 4.39 Å². The molecule has 1 nitrogen and oxygen atoms in total. The summed E-state index contributed by atoms with van der Waals surface area (Å²) in [5.74, 6) is 1.15. The maximum atomic E-state index is 13.1. The zero-order valence-electron chi connectivity index (χ0n) is 11.5. The predicted octanol–water partition coefficient (Wildman–Crippen LogP) is 4.40. The second-order valence-corrected chi connectivity index (χ2v) is 6.29. The van der Waals surface area contributed by atoms with E-state index in [-0.39, 0.29) is 5.82 Å². The van der Waals surface area contributed by atoms with Gasteiger partial charge in [0.15, 0.2) is 0 Å². The lowest BCUT2D eigenvalue weighted by atomic mass is 10.0. The highest BCUT2D eigenvalue weighted by Crippen LogP contribution is 2.20. The molecule has 1 atom stereocenters. The van der Waals surface area contributed by atoms with E-state index < -0.39 is 0 Å². The molecule has 0 amide bonds. The van der Waals surface area contributed by atoms with Crippen LogP contribution in [0.15, 0.2) is 22.7 Å². The SMILES string of the molecule is CC(C)CNCC(C)CCc1cc(F)ccc1Br. The first-order valence-corrected chi connectivity index (χ1v) is 7.43. The fourth-order valence-electron chi connectivity index (χ4n) is 1.86. The quantitative estimate of drug-likeness (QED) is 0.786. The molecule has 0 aliphatic rings. The van der Waals surface area contributed by atoms with Crippen LogP contribution in [-0.4, -0.2) is 13.1 Å². The van der Waals surface area contributed by atoms with E-state index in [1.54, 1.807) is 12.1 Å². The minimum absolute atomic E-state index is 0.154. The standard InChI is InChI=1S/C15H23BrFN/c1-11(2)9-18-10-12(3)4-5-13-8-14(17)6-7-15(13)16/h6-8,11-12,18H,4-5,9-10H2,1-3H3. The Bertz CT molecular complexity index is 366. The molecule has 1 aromatic rings. The smallest absolute Gasteiger partial charge is 0.123 e. The van der Waals surface area contributed by atoms with Crippen molar-refractivity contribution in [3.05, 3.63) is 34.1 Å². The molecule has 1 N–H and O–H groups in total. The number of hydrogen-bond acceptors (Lipinski definition) is 1. The van der Waals surface area contributed by atoms with Gasteiger partial charge in [0.2, 0.25) is 0 Å². The first-order chi connectivity index (χ1) is 8.49. The van der Waals surface area contributed by atoms with Crippen LogP contribution in [0.2, 0.25) is 0 Å². The van der Waals surface area contributed by atoms with E-state index in [0.717, 1.165) is 36.0 Å². The molecular weight excluding hydrogens is 293 g/mol. The Labute approximate surface area is 118 Å². The van der Waals surface area contributed by atoms with Crippen molar-refractivity contribution in [3.63, 3.8) is 0 Å². The number of nitrogens with one attached hydrogen (secondary N) is 1. The number of benzene rings is 1. The monoisotopic (exact) mass is 315 g/mol. The summed E-state index contributed by atoms with van der Waals surface area (Å²) in [5.41, 5.74) is 1.06. The second-order valence-electron chi connectivity index (χ2n) is 5.43. The lowest BCUT2D eigenvalue weighted by Gasteiger charge is -2.14.